The lowest BCUT2D eigenvalue weighted by Gasteiger charge is -2.41. The number of aliphatic hydroxyl groups is 1. The molecule has 2 saturated heterocycles. The van der Waals surface area contributed by atoms with Crippen LogP contribution in [0.1, 0.15) is 25.5 Å². The number of aromatic amines is 1. The number of carbonyl (C=O) groups excluding carboxylic acids is 1. The summed E-state index contributed by atoms with van der Waals surface area (Å²) in [4.78, 5) is 34.0. The average molecular weight is 541 g/mol. The summed E-state index contributed by atoms with van der Waals surface area (Å²) in [5.74, 6) is 0.0663. The van der Waals surface area contributed by atoms with Gasteiger partial charge in [0.25, 0.3) is 0 Å². The van der Waals surface area contributed by atoms with E-state index in [9.17, 15) is 9.18 Å². The van der Waals surface area contributed by atoms with Crippen molar-refractivity contribution in [3.63, 3.8) is 0 Å². The van der Waals surface area contributed by atoms with Gasteiger partial charge in [-0.1, -0.05) is 0 Å². The molecule has 0 spiro atoms. The number of nitrogens with one attached hydrogen (secondary N) is 1. The maximum atomic E-state index is 13.7. The Morgan fingerprint density at radius 2 is 1.87 bits per heavy atom. The fourth-order valence-electron chi connectivity index (χ4n) is 4.56. The molecule has 0 saturated carbocycles. The van der Waals surface area contributed by atoms with Gasteiger partial charge in [-0.25, -0.2) is 14.4 Å². The molecule has 1 aromatic carbocycles. The highest BCUT2D eigenvalue weighted by molar-refractivity contribution is 5.83. The maximum absolute atomic E-state index is 13.7. The molecular formula is C27H33FN6O5. The van der Waals surface area contributed by atoms with E-state index >= 15 is 0 Å². The molecule has 12 heteroatoms. The zero-order valence-electron chi connectivity index (χ0n) is 22.1. The van der Waals surface area contributed by atoms with Crippen LogP contribution in [-0.4, -0.2) is 100 Å². The van der Waals surface area contributed by atoms with E-state index in [2.05, 4.69) is 19.9 Å². The molecule has 2 fully saturated rings. The van der Waals surface area contributed by atoms with Gasteiger partial charge in [-0.15, -0.1) is 0 Å². The van der Waals surface area contributed by atoms with E-state index in [1.807, 2.05) is 18.9 Å². The molecule has 2 aromatic heterocycles. The Labute approximate surface area is 225 Å². The molecule has 5 rings (SSSR count). The number of aliphatic hydroxyl groups excluding tert-OH is 1. The number of benzene rings is 1. The number of hydrogen-bond acceptors (Lipinski definition) is 9. The molecule has 1 amide bonds. The molecule has 208 valence electrons. The quantitative estimate of drug-likeness (QED) is 0.414. The first-order valence-corrected chi connectivity index (χ1v) is 13.0. The van der Waals surface area contributed by atoms with Crippen LogP contribution in [0.25, 0.3) is 22.6 Å². The zero-order chi connectivity index (χ0) is 27.4. The van der Waals surface area contributed by atoms with Crippen molar-refractivity contribution >= 4 is 5.91 Å². The largest absolute Gasteiger partial charge is 0.463 e. The molecule has 4 heterocycles. The Balaban J connectivity index is 1.37. The number of rotatable bonds is 8. The number of H-pyrrole nitrogens is 1. The Kier molecular flexibility index (Phi) is 8.17. The summed E-state index contributed by atoms with van der Waals surface area (Å²) in [6.45, 7) is 5.54. The van der Waals surface area contributed by atoms with Crippen LogP contribution in [0.2, 0.25) is 0 Å². The van der Waals surface area contributed by atoms with Crippen LogP contribution < -0.4 is 4.74 Å². The van der Waals surface area contributed by atoms with Crippen LogP contribution in [0.15, 0.2) is 36.5 Å². The molecule has 0 unspecified atom stereocenters. The summed E-state index contributed by atoms with van der Waals surface area (Å²) >= 11 is 0. The van der Waals surface area contributed by atoms with Gasteiger partial charge >= 0.3 is 6.01 Å². The maximum Gasteiger partial charge on any atom is 0.316 e. The highest BCUT2D eigenvalue weighted by Gasteiger charge is 2.43. The van der Waals surface area contributed by atoms with Crippen molar-refractivity contribution in [3.05, 3.63) is 48.2 Å². The Morgan fingerprint density at radius 3 is 2.56 bits per heavy atom. The summed E-state index contributed by atoms with van der Waals surface area (Å²) in [5, 5.41) is 9.02. The SMILES string of the molecule is CN1CCN(C(=O)C2(C)COC(c3nc(-c4ccc(F)cc4)c(-c4ccnc(OCCCO)n4)[nH]3)OC2)CC1. The monoisotopic (exact) mass is 540 g/mol. The highest BCUT2D eigenvalue weighted by Crippen LogP contribution is 2.36. The second-order valence-corrected chi connectivity index (χ2v) is 10.1. The van der Waals surface area contributed by atoms with Gasteiger partial charge in [-0.3, -0.25) is 4.79 Å². The molecule has 11 nitrogen and oxygen atoms in total. The number of carbonyl (C=O) groups is 1. The number of halogens is 1. The lowest BCUT2D eigenvalue weighted by Crippen LogP contribution is -2.55. The first-order chi connectivity index (χ1) is 18.9. The first-order valence-electron chi connectivity index (χ1n) is 13.0. The lowest BCUT2D eigenvalue weighted by atomic mass is 9.90. The minimum Gasteiger partial charge on any atom is -0.463 e. The minimum atomic E-state index is -0.826. The van der Waals surface area contributed by atoms with Crippen LogP contribution in [0.5, 0.6) is 6.01 Å². The van der Waals surface area contributed by atoms with Crippen LogP contribution in [0, 0.1) is 11.2 Å². The summed E-state index contributed by atoms with van der Waals surface area (Å²) in [6.07, 6.45) is 1.19. The number of piperazine rings is 1. The zero-order valence-corrected chi connectivity index (χ0v) is 22.1. The third-order valence-corrected chi connectivity index (χ3v) is 6.90. The van der Waals surface area contributed by atoms with E-state index in [1.54, 1.807) is 24.4 Å². The Morgan fingerprint density at radius 1 is 1.15 bits per heavy atom. The highest BCUT2D eigenvalue weighted by atomic mass is 19.1. The first kappa shape index (κ1) is 27.1. The number of hydrogen-bond donors (Lipinski definition) is 2. The van der Waals surface area contributed by atoms with E-state index in [4.69, 9.17) is 24.3 Å². The second kappa shape index (κ2) is 11.7. The van der Waals surface area contributed by atoms with Gasteiger partial charge in [0.05, 0.1) is 42.3 Å². The van der Waals surface area contributed by atoms with Gasteiger partial charge in [0.2, 0.25) is 12.2 Å². The smallest absolute Gasteiger partial charge is 0.316 e. The van der Waals surface area contributed by atoms with Gasteiger partial charge in [0, 0.05) is 51.0 Å². The third-order valence-electron chi connectivity index (χ3n) is 6.90. The van der Waals surface area contributed by atoms with Crippen molar-refractivity contribution in [1.29, 1.82) is 0 Å². The molecule has 0 aliphatic carbocycles. The predicted octanol–water partition coefficient (Wildman–Crippen LogP) is 2.26. The van der Waals surface area contributed by atoms with Gasteiger partial charge < -0.3 is 34.1 Å². The number of imidazole rings is 1. The Hall–Kier alpha value is -3.45. The molecular weight excluding hydrogens is 507 g/mol. The van der Waals surface area contributed by atoms with Crippen LogP contribution in [0.3, 0.4) is 0 Å². The number of nitrogens with zero attached hydrogens (tertiary/aromatic N) is 5. The van der Waals surface area contributed by atoms with Crippen molar-refractivity contribution in [2.24, 2.45) is 5.41 Å². The van der Waals surface area contributed by atoms with Gasteiger partial charge in [0.1, 0.15) is 5.82 Å². The predicted molar refractivity (Wildman–Crippen MR) is 139 cm³/mol. The number of ether oxygens (including phenoxy) is 3. The number of likely N-dealkylation sites (N-methyl/N-ethyl adjacent to an activating group) is 1. The molecule has 0 bridgehead atoms. The van der Waals surface area contributed by atoms with Crippen LogP contribution in [-0.2, 0) is 14.3 Å². The van der Waals surface area contributed by atoms with Crippen LogP contribution >= 0.6 is 0 Å². The van der Waals surface area contributed by atoms with Crippen molar-refractivity contribution in [1.82, 2.24) is 29.7 Å². The minimum absolute atomic E-state index is 0.000277. The summed E-state index contributed by atoms with van der Waals surface area (Å²) in [5.41, 5.74) is 1.46. The van der Waals surface area contributed by atoms with Crippen molar-refractivity contribution in [3.8, 4) is 28.7 Å². The normalized spacial score (nSPS) is 22.2. The third kappa shape index (κ3) is 6.09. The fraction of sp³-hybridized carbons (Fsp3) is 0.481. The summed E-state index contributed by atoms with van der Waals surface area (Å²) in [6, 6.07) is 7.85. The molecule has 2 aliphatic heterocycles. The van der Waals surface area contributed by atoms with Crippen LogP contribution in [0.4, 0.5) is 4.39 Å². The standard InChI is InChI=1S/C27H33FN6O5/c1-27(25(36)34-12-10-33(2)11-13-34)16-38-24(39-17-27)23-31-21(18-4-6-19(28)7-5-18)22(32-23)20-8-9-29-26(30-20)37-15-3-14-35/h4-9,24,35H,3,10-17H2,1-2H3,(H,31,32). The second-order valence-electron chi connectivity index (χ2n) is 10.1. The van der Waals surface area contributed by atoms with Gasteiger partial charge in [-0.05, 0) is 44.3 Å². The van der Waals surface area contributed by atoms with E-state index in [0.29, 0.717) is 48.0 Å². The molecule has 0 atom stereocenters. The molecule has 2 N–H and O–H groups in total. The van der Waals surface area contributed by atoms with E-state index in [0.717, 1.165) is 13.1 Å². The molecule has 39 heavy (non-hydrogen) atoms. The van der Waals surface area contributed by atoms with Crippen molar-refractivity contribution in [2.75, 3.05) is 59.7 Å². The molecule has 3 aromatic rings. The fourth-order valence-corrected chi connectivity index (χ4v) is 4.56. The van der Waals surface area contributed by atoms with E-state index in [-0.39, 0.29) is 44.2 Å². The van der Waals surface area contributed by atoms with Gasteiger partial charge in [-0.2, -0.15) is 4.98 Å². The molecule has 2 aliphatic rings. The average Bonchev–Trinajstić information content (AvgIpc) is 3.40. The lowest BCUT2D eigenvalue weighted by molar-refractivity contribution is -0.234. The summed E-state index contributed by atoms with van der Waals surface area (Å²) in [7, 11) is 2.05. The van der Waals surface area contributed by atoms with Crippen molar-refractivity contribution < 1.29 is 28.5 Å². The Bertz CT molecular complexity index is 1270. The number of aromatic nitrogens is 4. The van der Waals surface area contributed by atoms with Crippen molar-refractivity contribution in [2.45, 2.75) is 19.6 Å². The van der Waals surface area contributed by atoms with Gasteiger partial charge in [0.15, 0.2) is 5.82 Å². The van der Waals surface area contributed by atoms with E-state index in [1.165, 1.54) is 12.1 Å². The summed E-state index contributed by atoms with van der Waals surface area (Å²) < 4.78 is 31.3. The topological polar surface area (TPSA) is 126 Å². The van der Waals surface area contributed by atoms with E-state index < -0.39 is 11.7 Å². The molecule has 0 radical (unpaired) electrons. The number of amides is 1.